The van der Waals surface area contributed by atoms with Crippen LogP contribution in [-0.2, 0) is 6.18 Å². The van der Waals surface area contributed by atoms with Crippen molar-refractivity contribution in [2.75, 3.05) is 22.9 Å². The summed E-state index contributed by atoms with van der Waals surface area (Å²) >= 11 is 0. The van der Waals surface area contributed by atoms with Crippen molar-refractivity contribution in [3.63, 3.8) is 0 Å². The van der Waals surface area contributed by atoms with Gasteiger partial charge in [-0.05, 0) is 6.42 Å². The maximum absolute atomic E-state index is 13.8. The van der Waals surface area contributed by atoms with Crippen molar-refractivity contribution in [1.82, 2.24) is 19.9 Å². The van der Waals surface area contributed by atoms with Crippen LogP contribution in [0.15, 0.2) is 24.9 Å². The number of anilines is 2. The minimum atomic E-state index is -4.51. The van der Waals surface area contributed by atoms with Gasteiger partial charge in [-0.3, -0.25) is 0 Å². The highest BCUT2D eigenvalue weighted by Gasteiger charge is 2.47. The van der Waals surface area contributed by atoms with Gasteiger partial charge in [-0.25, -0.2) is 24.3 Å². The van der Waals surface area contributed by atoms with E-state index in [9.17, 15) is 17.6 Å². The molecule has 5 heterocycles. The van der Waals surface area contributed by atoms with Crippen LogP contribution < -0.4 is 9.80 Å². The Hall–Kier alpha value is -2.52. The Kier molecular flexibility index (Phi) is 3.29. The zero-order chi connectivity index (χ0) is 16.9. The fraction of sp³-hybridized carbons (Fsp3) is 0.429. The predicted molar refractivity (Wildman–Crippen MR) is 75.9 cm³/mol. The molecule has 0 amide bonds. The molecule has 24 heavy (non-hydrogen) atoms. The summed E-state index contributed by atoms with van der Waals surface area (Å²) in [5.74, 6) is -0.0264. The van der Waals surface area contributed by atoms with E-state index in [2.05, 4.69) is 19.9 Å². The van der Waals surface area contributed by atoms with E-state index in [0.717, 1.165) is 25.0 Å². The number of aromatic nitrogens is 4. The highest BCUT2D eigenvalue weighted by Crippen LogP contribution is 2.38. The Morgan fingerprint density at radius 1 is 1.04 bits per heavy atom. The number of nitrogens with zero attached hydrogens (tertiary/aromatic N) is 6. The minimum absolute atomic E-state index is 0.0162. The topological polar surface area (TPSA) is 58.0 Å². The second-order valence-corrected chi connectivity index (χ2v) is 5.81. The molecule has 3 fully saturated rings. The molecule has 0 aromatic carbocycles. The summed E-state index contributed by atoms with van der Waals surface area (Å²) in [6.07, 6.45) is -0.359. The number of fused-ring (bicyclic) bond motifs is 2. The Bertz CT molecular complexity index is 755. The summed E-state index contributed by atoms with van der Waals surface area (Å²) in [6, 6.07) is 0.912. The molecule has 0 saturated carbocycles. The number of hydrogen-bond acceptors (Lipinski definition) is 6. The first kappa shape index (κ1) is 15.0. The average molecular weight is 340 g/mol. The number of piperidine rings is 1. The van der Waals surface area contributed by atoms with Gasteiger partial charge in [0.25, 0.3) is 0 Å². The normalized spacial score (nSPS) is 23.2. The third kappa shape index (κ3) is 2.42. The molecule has 6 nitrogen and oxygen atoms in total. The first-order valence-electron chi connectivity index (χ1n) is 7.31. The number of halogens is 4. The number of hydrogen-bond donors (Lipinski definition) is 0. The monoisotopic (exact) mass is 340 g/mol. The van der Waals surface area contributed by atoms with Gasteiger partial charge in [-0.2, -0.15) is 13.2 Å². The van der Waals surface area contributed by atoms with Crippen molar-refractivity contribution in [3.05, 3.63) is 36.4 Å². The lowest BCUT2D eigenvalue weighted by atomic mass is 9.87. The third-order valence-electron chi connectivity index (χ3n) is 4.35. The Balaban J connectivity index is 1.54. The van der Waals surface area contributed by atoms with Crippen LogP contribution in [0.2, 0.25) is 0 Å². The van der Waals surface area contributed by atoms with Crippen molar-refractivity contribution in [3.8, 4) is 0 Å². The fourth-order valence-corrected chi connectivity index (χ4v) is 3.31. The van der Waals surface area contributed by atoms with Gasteiger partial charge in [-0.15, -0.1) is 0 Å². The molecule has 2 bridgehead atoms. The van der Waals surface area contributed by atoms with Crippen LogP contribution in [0.5, 0.6) is 0 Å². The number of rotatable bonds is 2. The maximum atomic E-state index is 13.8. The predicted octanol–water partition coefficient (Wildman–Crippen LogP) is 1.89. The molecule has 2 unspecified atom stereocenters. The van der Waals surface area contributed by atoms with Crippen LogP contribution in [0.25, 0.3) is 0 Å². The van der Waals surface area contributed by atoms with Crippen LogP contribution in [0.1, 0.15) is 12.1 Å². The molecule has 5 rings (SSSR count). The Morgan fingerprint density at radius 2 is 1.79 bits per heavy atom. The molecule has 2 aromatic heterocycles. The average Bonchev–Trinajstić information content (AvgIpc) is 2.56. The zero-order valence-corrected chi connectivity index (χ0v) is 12.3. The van der Waals surface area contributed by atoms with Crippen LogP contribution in [0.4, 0.5) is 29.2 Å². The van der Waals surface area contributed by atoms with E-state index in [-0.39, 0.29) is 23.7 Å². The molecule has 0 spiro atoms. The Morgan fingerprint density at radius 3 is 2.46 bits per heavy atom. The van der Waals surface area contributed by atoms with Crippen LogP contribution >= 0.6 is 0 Å². The van der Waals surface area contributed by atoms with E-state index in [4.69, 9.17) is 0 Å². The second-order valence-electron chi connectivity index (χ2n) is 5.81. The fourth-order valence-electron chi connectivity index (χ4n) is 3.31. The standard InChI is InChI=1S/C14H12F4N6/c15-10-3-19-6-22-13(10)24-8-1-9(24)5-23(4-8)12-2-11(14(16,17)18)20-7-21-12/h2-3,6-9H,1,4-5H2. The van der Waals surface area contributed by atoms with Gasteiger partial charge in [0.2, 0.25) is 0 Å². The smallest absolute Gasteiger partial charge is 0.352 e. The molecule has 0 N–H and O–H groups in total. The van der Waals surface area contributed by atoms with Gasteiger partial charge < -0.3 is 9.80 Å². The third-order valence-corrected chi connectivity index (χ3v) is 4.35. The van der Waals surface area contributed by atoms with Crippen molar-refractivity contribution >= 4 is 11.6 Å². The van der Waals surface area contributed by atoms with E-state index in [1.165, 1.54) is 6.33 Å². The summed E-state index contributed by atoms with van der Waals surface area (Å²) < 4.78 is 52.2. The molecular formula is C14H12F4N6. The second kappa shape index (κ2) is 5.25. The van der Waals surface area contributed by atoms with Gasteiger partial charge in [0.1, 0.15) is 24.2 Å². The largest absolute Gasteiger partial charge is 0.433 e. The lowest BCUT2D eigenvalue weighted by Crippen LogP contribution is -2.69. The van der Waals surface area contributed by atoms with Crippen molar-refractivity contribution in [1.29, 1.82) is 0 Å². The molecule has 3 aliphatic heterocycles. The van der Waals surface area contributed by atoms with Gasteiger partial charge in [0.05, 0.1) is 18.3 Å². The van der Waals surface area contributed by atoms with E-state index in [1.807, 2.05) is 4.90 Å². The highest BCUT2D eigenvalue weighted by atomic mass is 19.4. The molecule has 126 valence electrons. The van der Waals surface area contributed by atoms with Crippen LogP contribution in [0, 0.1) is 5.82 Å². The lowest BCUT2D eigenvalue weighted by molar-refractivity contribution is -0.141. The van der Waals surface area contributed by atoms with E-state index in [0.29, 0.717) is 13.1 Å². The minimum Gasteiger partial charge on any atom is -0.352 e. The van der Waals surface area contributed by atoms with E-state index >= 15 is 0 Å². The molecule has 3 aliphatic rings. The molecule has 0 radical (unpaired) electrons. The van der Waals surface area contributed by atoms with Crippen molar-refractivity contribution < 1.29 is 17.6 Å². The number of alkyl halides is 3. The summed E-state index contributed by atoms with van der Waals surface area (Å²) in [4.78, 5) is 18.4. The molecule has 2 atom stereocenters. The Labute approximate surface area is 134 Å². The van der Waals surface area contributed by atoms with Gasteiger partial charge in [-0.1, -0.05) is 0 Å². The molecule has 10 heteroatoms. The molecular weight excluding hydrogens is 328 g/mol. The van der Waals surface area contributed by atoms with Gasteiger partial charge >= 0.3 is 6.18 Å². The summed E-state index contributed by atoms with van der Waals surface area (Å²) in [7, 11) is 0. The van der Waals surface area contributed by atoms with Gasteiger partial charge in [0.15, 0.2) is 11.6 Å². The van der Waals surface area contributed by atoms with Gasteiger partial charge in [0, 0.05) is 19.2 Å². The first-order chi connectivity index (χ1) is 11.4. The summed E-state index contributed by atoms with van der Waals surface area (Å²) in [5.41, 5.74) is -0.967. The number of piperazine rings is 1. The quantitative estimate of drug-likeness (QED) is 0.778. The first-order valence-corrected chi connectivity index (χ1v) is 7.31. The maximum Gasteiger partial charge on any atom is 0.433 e. The zero-order valence-electron chi connectivity index (χ0n) is 12.3. The van der Waals surface area contributed by atoms with E-state index < -0.39 is 17.7 Å². The lowest BCUT2D eigenvalue weighted by Gasteiger charge is -2.57. The summed E-state index contributed by atoms with van der Waals surface area (Å²) in [5, 5.41) is 0. The van der Waals surface area contributed by atoms with Crippen molar-refractivity contribution in [2.24, 2.45) is 0 Å². The van der Waals surface area contributed by atoms with Crippen LogP contribution in [0.3, 0.4) is 0 Å². The van der Waals surface area contributed by atoms with E-state index in [1.54, 1.807) is 4.90 Å². The summed E-state index contributed by atoms with van der Waals surface area (Å²) in [6.45, 7) is 0.905. The molecule has 0 aliphatic carbocycles. The van der Waals surface area contributed by atoms with Crippen molar-refractivity contribution in [2.45, 2.75) is 24.7 Å². The SMILES string of the molecule is Fc1cncnc1N1C2CC1CN(c1cc(C(F)(F)F)ncn1)C2. The molecule has 2 aromatic rings. The molecule has 3 saturated heterocycles. The highest BCUT2D eigenvalue weighted by molar-refractivity contribution is 5.52. The van der Waals surface area contributed by atoms with Crippen LogP contribution in [-0.4, -0.2) is 45.1 Å².